The number of rotatable bonds is 1. The molecule has 2 aliphatic heterocycles. The Morgan fingerprint density at radius 3 is 2.00 bits per heavy atom. The third-order valence-electron chi connectivity index (χ3n) is 2.28. The summed E-state index contributed by atoms with van der Waals surface area (Å²) in [5, 5.41) is 4.90. The van der Waals surface area contributed by atoms with Gasteiger partial charge in [-0.2, -0.15) is 0 Å². The zero-order chi connectivity index (χ0) is 6.81. The number of hydrazine groups is 1. The molecule has 10 heavy (non-hydrogen) atoms. The average Bonchev–Trinajstić information content (AvgIpc) is 2.59. The van der Waals surface area contributed by atoms with Crippen molar-refractivity contribution in [2.45, 2.75) is 12.8 Å². The highest BCUT2D eigenvalue weighted by Gasteiger charge is 2.18. The Bertz CT molecular complexity index is 128. The van der Waals surface area contributed by atoms with E-state index in [9.17, 15) is 0 Å². The summed E-state index contributed by atoms with van der Waals surface area (Å²) < 4.78 is 0. The number of hydrogen-bond acceptors (Lipinski definition) is 2. The topological polar surface area (TPSA) is 6.48 Å². The summed E-state index contributed by atoms with van der Waals surface area (Å²) in [5.74, 6) is 0. The molecule has 2 aliphatic rings. The molecule has 1 saturated heterocycles. The van der Waals surface area contributed by atoms with Crippen LogP contribution in [0.2, 0.25) is 0 Å². The van der Waals surface area contributed by atoms with Crippen LogP contribution in [0.25, 0.3) is 0 Å². The minimum absolute atomic E-state index is 1.14. The quantitative estimate of drug-likeness (QED) is 0.496. The minimum Gasteiger partial charge on any atom is -0.241 e. The van der Waals surface area contributed by atoms with Gasteiger partial charge in [-0.3, -0.25) is 0 Å². The van der Waals surface area contributed by atoms with Crippen molar-refractivity contribution in [3.8, 4) is 0 Å². The van der Waals surface area contributed by atoms with E-state index >= 15 is 0 Å². The van der Waals surface area contributed by atoms with E-state index < -0.39 is 0 Å². The van der Waals surface area contributed by atoms with E-state index in [2.05, 4.69) is 22.2 Å². The van der Waals surface area contributed by atoms with Crippen LogP contribution in [-0.4, -0.2) is 36.2 Å². The predicted molar refractivity (Wildman–Crippen MR) is 41.5 cm³/mol. The van der Waals surface area contributed by atoms with E-state index in [1.54, 1.807) is 0 Å². The summed E-state index contributed by atoms with van der Waals surface area (Å²) in [4.78, 5) is 0. The molecule has 0 bridgehead atoms. The molecule has 0 aromatic heterocycles. The minimum atomic E-state index is 1.14. The first-order chi connectivity index (χ1) is 4.97. The Labute approximate surface area is 62.1 Å². The van der Waals surface area contributed by atoms with Crippen molar-refractivity contribution in [1.82, 2.24) is 10.0 Å². The summed E-state index contributed by atoms with van der Waals surface area (Å²) in [6.07, 6.45) is 7.27. The molecule has 1 fully saturated rings. The van der Waals surface area contributed by atoms with E-state index in [4.69, 9.17) is 0 Å². The van der Waals surface area contributed by atoms with Gasteiger partial charge in [0.05, 0.1) is 0 Å². The van der Waals surface area contributed by atoms with Crippen LogP contribution in [0.4, 0.5) is 0 Å². The molecule has 0 radical (unpaired) electrons. The molecule has 2 nitrogen and oxygen atoms in total. The normalized spacial score (nSPS) is 28.4. The van der Waals surface area contributed by atoms with Crippen molar-refractivity contribution in [2.75, 3.05) is 26.2 Å². The fourth-order valence-corrected chi connectivity index (χ4v) is 1.68. The van der Waals surface area contributed by atoms with Gasteiger partial charge in [0.1, 0.15) is 0 Å². The monoisotopic (exact) mass is 138 g/mol. The molecule has 0 atom stereocenters. The number of hydrogen-bond donors (Lipinski definition) is 0. The molecule has 2 heterocycles. The van der Waals surface area contributed by atoms with Gasteiger partial charge < -0.3 is 0 Å². The van der Waals surface area contributed by atoms with Gasteiger partial charge in [-0.25, -0.2) is 10.0 Å². The Balaban J connectivity index is 1.87. The van der Waals surface area contributed by atoms with Crippen LogP contribution in [-0.2, 0) is 0 Å². The standard InChI is InChI=1S/C8H14N2/c1-2-6-9(5-1)10-7-3-4-8-10/h1-2H,3-8H2. The Morgan fingerprint density at radius 2 is 1.40 bits per heavy atom. The first kappa shape index (κ1) is 6.38. The highest BCUT2D eigenvalue weighted by Crippen LogP contribution is 2.12. The van der Waals surface area contributed by atoms with Crippen molar-refractivity contribution >= 4 is 0 Å². The molecule has 0 spiro atoms. The molecule has 0 aliphatic carbocycles. The Hall–Kier alpha value is -0.340. The van der Waals surface area contributed by atoms with Crippen LogP contribution < -0.4 is 0 Å². The lowest BCUT2D eigenvalue weighted by Crippen LogP contribution is -2.38. The third kappa shape index (κ3) is 1.09. The Morgan fingerprint density at radius 1 is 0.800 bits per heavy atom. The predicted octanol–water partition coefficient (Wildman–Crippen LogP) is 0.869. The lowest BCUT2D eigenvalue weighted by atomic mass is 10.4. The van der Waals surface area contributed by atoms with E-state index in [1.807, 2.05) is 0 Å². The zero-order valence-corrected chi connectivity index (χ0v) is 6.29. The zero-order valence-electron chi connectivity index (χ0n) is 6.29. The van der Waals surface area contributed by atoms with Crippen molar-refractivity contribution in [3.05, 3.63) is 12.2 Å². The fraction of sp³-hybridized carbons (Fsp3) is 0.750. The molecule has 0 aromatic rings. The lowest BCUT2D eigenvalue weighted by Gasteiger charge is -2.26. The maximum atomic E-state index is 2.47. The third-order valence-corrected chi connectivity index (χ3v) is 2.28. The lowest BCUT2D eigenvalue weighted by molar-refractivity contribution is 0.0279. The van der Waals surface area contributed by atoms with E-state index in [1.165, 1.54) is 25.9 Å². The summed E-state index contributed by atoms with van der Waals surface area (Å²) >= 11 is 0. The van der Waals surface area contributed by atoms with E-state index in [0.29, 0.717) is 0 Å². The molecule has 0 aromatic carbocycles. The first-order valence-corrected chi connectivity index (χ1v) is 4.11. The van der Waals surface area contributed by atoms with Gasteiger partial charge in [0.2, 0.25) is 0 Å². The molecular weight excluding hydrogens is 124 g/mol. The van der Waals surface area contributed by atoms with Crippen molar-refractivity contribution < 1.29 is 0 Å². The van der Waals surface area contributed by atoms with Crippen LogP contribution >= 0.6 is 0 Å². The van der Waals surface area contributed by atoms with Gasteiger partial charge in [-0.1, -0.05) is 12.2 Å². The molecule has 0 amide bonds. The number of nitrogens with zero attached hydrogens (tertiary/aromatic N) is 2. The van der Waals surface area contributed by atoms with Crippen LogP contribution in [0, 0.1) is 0 Å². The summed E-state index contributed by atoms with van der Waals surface area (Å²) in [7, 11) is 0. The van der Waals surface area contributed by atoms with Crippen LogP contribution in [0.15, 0.2) is 12.2 Å². The second-order valence-electron chi connectivity index (χ2n) is 3.00. The van der Waals surface area contributed by atoms with E-state index in [0.717, 1.165) is 13.1 Å². The van der Waals surface area contributed by atoms with Gasteiger partial charge in [0, 0.05) is 26.2 Å². The second kappa shape index (κ2) is 2.72. The average molecular weight is 138 g/mol. The van der Waals surface area contributed by atoms with Crippen LogP contribution in [0.1, 0.15) is 12.8 Å². The molecule has 56 valence electrons. The van der Waals surface area contributed by atoms with Crippen molar-refractivity contribution in [1.29, 1.82) is 0 Å². The van der Waals surface area contributed by atoms with Gasteiger partial charge in [0.25, 0.3) is 0 Å². The van der Waals surface area contributed by atoms with Crippen LogP contribution in [0.3, 0.4) is 0 Å². The fourth-order valence-electron chi connectivity index (χ4n) is 1.68. The molecule has 2 heteroatoms. The second-order valence-corrected chi connectivity index (χ2v) is 3.00. The molecule has 0 saturated carbocycles. The molecule has 2 rings (SSSR count). The maximum absolute atomic E-state index is 2.47. The van der Waals surface area contributed by atoms with Gasteiger partial charge in [0.15, 0.2) is 0 Å². The summed E-state index contributed by atoms with van der Waals surface area (Å²) in [6, 6.07) is 0. The molecular formula is C8H14N2. The Kier molecular flexibility index (Phi) is 1.74. The molecule has 0 N–H and O–H groups in total. The largest absolute Gasteiger partial charge is 0.241 e. The SMILES string of the molecule is C1=CCN(N2CCCC2)C1. The summed E-state index contributed by atoms with van der Waals surface area (Å²) in [6.45, 7) is 4.84. The van der Waals surface area contributed by atoms with Crippen LogP contribution in [0.5, 0.6) is 0 Å². The summed E-state index contributed by atoms with van der Waals surface area (Å²) in [5.41, 5.74) is 0. The first-order valence-electron chi connectivity index (χ1n) is 4.11. The van der Waals surface area contributed by atoms with Crippen molar-refractivity contribution in [2.24, 2.45) is 0 Å². The highest BCUT2D eigenvalue weighted by atomic mass is 15.6. The van der Waals surface area contributed by atoms with Gasteiger partial charge in [-0.15, -0.1) is 0 Å². The van der Waals surface area contributed by atoms with Gasteiger partial charge in [-0.05, 0) is 12.8 Å². The van der Waals surface area contributed by atoms with Crippen molar-refractivity contribution in [3.63, 3.8) is 0 Å². The maximum Gasteiger partial charge on any atom is 0.0318 e. The van der Waals surface area contributed by atoms with Gasteiger partial charge >= 0.3 is 0 Å². The highest BCUT2D eigenvalue weighted by molar-refractivity contribution is 4.94. The molecule has 0 unspecified atom stereocenters. The van der Waals surface area contributed by atoms with E-state index in [-0.39, 0.29) is 0 Å². The smallest absolute Gasteiger partial charge is 0.0318 e.